The summed E-state index contributed by atoms with van der Waals surface area (Å²) in [5.74, 6) is 2.71. The molecular weight excluding hydrogens is 382 g/mol. The Labute approximate surface area is 178 Å². The number of nitrogens with one attached hydrogen (secondary N) is 1. The molecule has 1 aromatic rings. The molecule has 0 radical (unpaired) electrons. The van der Waals surface area contributed by atoms with Crippen LogP contribution < -0.4 is 14.8 Å². The van der Waals surface area contributed by atoms with Crippen LogP contribution in [0.4, 0.5) is 0 Å². The summed E-state index contributed by atoms with van der Waals surface area (Å²) in [5, 5.41) is 3.26. The van der Waals surface area contributed by atoms with Crippen LogP contribution in [-0.2, 0) is 14.3 Å². The fourth-order valence-electron chi connectivity index (χ4n) is 6.01. The van der Waals surface area contributed by atoms with E-state index in [0.29, 0.717) is 11.5 Å². The first-order chi connectivity index (χ1) is 14.4. The minimum absolute atomic E-state index is 0.0814. The van der Waals surface area contributed by atoms with Gasteiger partial charge in [-0.2, -0.15) is 0 Å². The fourth-order valence-corrected chi connectivity index (χ4v) is 6.01. The molecule has 0 unspecified atom stereocenters. The Morgan fingerprint density at radius 2 is 1.63 bits per heavy atom. The Hall–Kier alpha value is -2.50. The highest BCUT2D eigenvalue weighted by Crippen LogP contribution is 2.55. The molecular formula is C24H31NO5. The maximum Gasteiger partial charge on any atom is 0.331 e. The number of ether oxygens (including phenoxy) is 3. The largest absolute Gasteiger partial charge is 0.493 e. The van der Waals surface area contributed by atoms with Gasteiger partial charge in [0.1, 0.15) is 0 Å². The zero-order chi connectivity index (χ0) is 21.3. The van der Waals surface area contributed by atoms with Crippen LogP contribution in [0.1, 0.15) is 51.0 Å². The van der Waals surface area contributed by atoms with Gasteiger partial charge in [0.25, 0.3) is 5.91 Å². The smallest absolute Gasteiger partial charge is 0.331 e. The van der Waals surface area contributed by atoms with Crippen LogP contribution in [0.2, 0.25) is 0 Å². The molecule has 30 heavy (non-hydrogen) atoms. The summed E-state index contributed by atoms with van der Waals surface area (Å²) in [6.07, 6.45) is 9.33. The van der Waals surface area contributed by atoms with E-state index in [4.69, 9.17) is 14.2 Å². The monoisotopic (exact) mass is 413 g/mol. The molecule has 5 rings (SSSR count). The highest BCUT2D eigenvalue weighted by Gasteiger charge is 2.51. The van der Waals surface area contributed by atoms with Crippen molar-refractivity contribution in [3.63, 3.8) is 0 Å². The summed E-state index contributed by atoms with van der Waals surface area (Å²) in [6.45, 7) is 1.64. The van der Waals surface area contributed by atoms with Gasteiger partial charge in [0.05, 0.1) is 14.2 Å². The summed E-state index contributed by atoms with van der Waals surface area (Å²) >= 11 is 0. The average molecular weight is 414 g/mol. The minimum atomic E-state index is -0.819. The van der Waals surface area contributed by atoms with E-state index in [1.165, 1.54) is 25.3 Å². The third-order valence-corrected chi connectivity index (χ3v) is 6.91. The lowest BCUT2D eigenvalue weighted by Crippen LogP contribution is -2.61. The van der Waals surface area contributed by atoms with Gasteiger partial charge in [-0.15, -0.1) is 0 Å². The van der Waals surface area contributed by atoms with Crippen molar-refractivity contribution in [1.82, 2.24) is 5.32 Å². The molecule has 162 valence electrons. The van der Waals surface area contributed by atoms with Gasteiger partial charge in [0.2, 0.25) is 0 Å². The molecule has 0 aliphatic heterocycles. The lowest BCUT2D eigenvalue weighted by atomic mass is 9.53. The summed E-state index contributed by atoms with van der Waals surface area (Å²) in [5.41, 5.74) is 0.692. The summed E-state index contributed by atoms with van der Waals surface area (Å²) in [4.78, 5) is 25.0. The Morgan fingerprint density at radius 3 is 2.20 bits per heavy atom. The van der Waals surface area contributed by atoms with E-state index in [2.05, 4.69) is 5.32 Å². The van der Waals surface area contributed by atoms with Gasteiger partial charge in [-0.1, -0.05) is 6.07 Å². The summed E-state index contributed by atoms with van der Waals surface area (Å²) in [6, 6.07) is 5.35. The number of carbonyl (C=O) groups is 2. The van der Waals surface area contributed by atoms with Crippen LogP contribution in [0.15, 0.2) is 24.3 Å². The SMILES string of the molecule is COc1ccc(/C=C/C(=O)O[C@@H](C)C(=O)NC23CC4CC(CC(C4)C2)C3)cc1OC. The van der Waals surface area contributed by atoms with Gasteiger partial charge in [-0.25, -0.2) is 4.79 Å². The number of carbonyl (C=O) groups excluding carboxylic acids is 2. The predicted octanol–water partition coefficient (Wildman–Crippen LogP) is 3.73. The molecule has 6 nitrogen and oxygen atoms in total. The van der Waals surface area contributed by atoms with E-state index >= 15 is 0 Å². The average Bonchev–Trinajstić information content (AvgIpc) is 2.70. The lowest BCUT2D eigenvalue weighted by Gasteiger charge is -2.57. The third kappa shape index (κ3) is 4.32. The molecule has 0 spiro atoms. The second kappa shape index (κ2) is 8.32. The molecule has 1 aromatic carbocycles. The molecule has 4 bridgehead atoms. The van der Waals surface area contributed by atoms with Crippen molar-refractivity contribution >= 4 is 18.0 Å². The first-order valence-corrected chi connectivity index (χ1v) is 10.8. The first-order valence-electron chi connectivity index (χ1n) is 10.8. The summed E-state index contributed by atoms with van der Waals surface area (Å²) < 4.78 is 15.8. The Morgan fingerprint density at radius 1 is 1.03 bits per heavy atom. The first kappa shape index (κ1) is 20.8. The van der Waals surface area contributed by atoms with E-state index < -0.39 is 12.1 Å². The molecule has 4 aliphatic carbocycles. The molecule has 1 amide bonds. The second-order valence-electron chi connectivity index (χ2n) is 9.21. The predicted molar refractivity (Wildman–Crippen MR) is 113 cm³/mol. The van der Waals surface area contributed by atoms with E-state index in [9.17, 15) is 9.59 Å². The molecule has 0 saturated heterocycles. The van der Waals surface area contributed by atoms with E-state index in [1.54, 1.807) is 39.4 Å². The number of amides is 1. The molecule has 0 heterocycles. The van der Waals surface area contributed by atoms with Gasteiger partial charge >= 0.3 is 5.97 Å². The Kier molecular flexibility index (Phi) is 5.76. The maximum absolute atomic E-state index is 12.7. The zero-order valence-corrected chi connectivity index (χ0v) is 18.0. The number of methoxy groups -OCH3 is 2. The van der Waals surface area contributed by atoms with Crippen LogP contribution in [0, 0.1) is 17.8 Å². The van der Waals surface area contributed by atoms with Gasteiger partial charge in [0.15, 0.2) is 17.6 Å². The second-order valence-corrected chi connectivity index (χ2v) is 9.21. The highest BCUT2D eigenvalue weighted by molar-refractivity contribution is 5.90. The molecule has 1 N–H and O–H groups in total. The molecule has 4 saturated carbocycles. The quantitative estimate of drug-likeness (QED) is 0.545. The number of benzene rings is 1. The van der Waals surface area contributed by atoms with Crippen molar-refractivity contribution in [1.29, 1.82) is 0 Å². The standard InChI is InChI=1S/C24H31NO5/c1-15(23(27)25-24-12-17-8-18(13-24)10-19(9-17)14-24)30-22(26)7-5-16-4-6-20(28-2)21(11-16)29-3/h4-7,11,15,17-19H,8-10,12-14H2,1-3H3,(H,25,27)/b7-5+/t15-,17?,18?,19?,24?/m0/s1. The minimum Gasteiger partial charge on any atom is -0.493 e. The van der Waals surface area contributed by atoms with Crippen LogP contribution in [0.3, 0.4) is 0 Å². The molecule has 6 heteroatoms. The number of hydrogen-bond donors (Lipinski definition) is 1. The van der Waals surface area contributed by atoms with Crippen LogP contribution in [-0.4, -0.2) is 37.7 Å². The van der Waals surface area contributed by atoms with Gasteiger partial charge < -0.3 is 19.5 Å². The fraction of sp³-hybridized carbons (Fsp3) is 0.583. The molecule has 4 fully saturated rings. The van der Waals surface area contributed by atoms with Crippen molar-refractivity contribution in [2.75, 3.05) is 14.2 Å². The van der Waals surface area contributed by atoms with Gasteiger partial charge in [-0.3, -0.25) is 4.79 Å². The van der Waals surface area contributed by atoms with Crippen molar-refractivity contribution in [3.8, 4) is 11.5 Å². The zero-order valence-electron chi connectivity index (χ0n) is 18.0. The normalized spacial score (nSPS) is 30.2. The van der Waals surface area contributed by atoms with E-state index in [1.807, 2.05) is 6.07 Å². The van der Waals surface area contributed by atoms with Crippen LogP contribution >= 0.6 is 0 Å². The van der Waals surface area contributed by atoms with Crippen molar-refractivity contribution in [2.24, 2.45) is 17.8 Å². The van der Waals surface area contributed by atoms with Crippen LogP contribution in [0.5, 0.6) is 11.5 Å². The third-order valence-electron chi connectivity index (χ3n) is 6.91. The number of esters is 1. The van der Waals surface area contributed by atoms with E-state index in [-0.39, 0.29) is 11.4 Å². The van der Waals surface area contributed by atoms with Crippen LogP contribution in [0.25, 0.3) is 6.08 Å². The van der Waals surface area contributed by atoms with Crippen molar-refractivity contribution in [3.05, 3.63) is 29.8 Å². The Balaban J connectivity index is 1.32. The molecule has 4 aliphatic rings. The number of hydrogen-bond acceptors (Lipinski definition) is 5. The molecule has 0 aromatic heterocycles. The van der Waals surface area contributed by atoms with Crippen molar-refractivity contribution in [2.45, 2.75) is 57.1 Å². The highest BCUT2D eigenvalue weighted by atomic mass is 16.5. The van der Waals surface area contributed by atoms with E-state index in [0.717, 1.165) is 42.6 Å². The maximum atomic E-state index is 12.7. The van der Waals surface area contributed by atoms with Gasteiger partial charge in [-0.05, 0) is 87.0 Å². The van der Waals surface area contributed by atoms with Crippen molar-refractivity contribution < 1.29 is 23.8 Å². The number of rotatable bonds is 7. The lowest BCUT2D eigenvalue weighted by molar-refractivity contribution is -0.152. The molecule has 1 atom stereocenters. The topological polar surface area (TPSA) is 73.9 Å². The summed E-state index contributed by atoms with van der Waals surface area (Å²) in [7, 11) is 3.13. The Bertz CT molecular complexity index is 811. The van der Waals surface area contributed by atoms with Gasteiger partial charge in [0, 0.05) is 11.6 Å².